The first-order valence-corrected chi connectivity index (χ1v) is 4.82. The van der Waals surface area contributed by atoms with Gasteiger partial charge in [-0.2, -0.15) is 5.10 Å². The fourth-order valence-electron chi connectivity index (χ4n) is 1.35. The van der Waals surface area contributed by atoms with Crippen molar-refractivity contribution < 1.29 is 9.13 Å². The van der Waals surface area contributed by atoms with Crippen molar-refractivity contribution in [2.45, 2.75) is 6.73 Å². The second kappa shape index (κ2) is 3.67. The molecule has 0 saturated carbocycles. The summed E-state index contributed by atoms with van der Waals surface area (Å²) in [6.45, 7) is 0.247. The highest BCUT2D eigenvalue weighted by Crippen LogP contribution is 2.25. The van der Waals surface area contributed by atoms with Gasteiger partial charge in [-0.1, -0.05) is 15.9 Å². The molecule has 1 aromatic heterocycles. The first-order chi connectivity index (χ1) is 6.74. The number of hydrogen-bond acceptors (Lipinski definition) is 2. The molecular formula is C9H8BrFN2O. The van der Waals surface area contributed by atoms with Crippen LogP contribution in [0.3, 0.4) is 0 Å². The predicted molar refractivity (Wildman–Crippen MR) is 54.4 cm³/mol. The monoisotopic (exact) mass is 258 g/mol. The number of nitrogens with zero attached hydrogens (tertiary/aromatic N) is 2. The Bertz CT molecular complexity index is 469. The van der Waals surface area contributed by atoms with Crippen molar-refractivity contribution in [3.8, 4) is 0 Å². The van der Waals surface area contributed by atoms with Crippen molar-refractivity contribution in [1.82, 2.24) is 9.78 Å². The van der Waals surface area contributed by atoms with Gasteiger partial charge in [-0.15, -0.1) is 0 Å². The fourth-order valence-corrected chi connectivity index (χ4v) is 1.77. The summed E-state index contributed by atoms with van der Waals surface area (Å²) < 4.78 is 20.7. The Morgan fingerprint density at radius 3 is 3.07 bits per heavy atom. The highest BCUT2D eigenvalue weighted by atomic mass is 79.9. The Morgan fingerprint density at radius 1 is 1.57 bits per heavy atom. The van der Waals surface area contributed by atoms with Crippen LogP contribution in [-0.4, -0.2) is 16.9 Å². The summed E-state index contributed by atoms with van der Waals surface area (Å²) in [7, 11) is 1.55. The minimum absolute atomic E-state index is 0.247. The summed E-state index contributed by atoms with van der Waals surface area (Å²) in [4.78, 5) is 0. The molecule has 0 amide bonds. The summed E-state index contributed by atoms with van der Waals surface area (Å²) in [5, 5.41) is 4.78. The quantitative estimate of drug-likeness (QED) is 0.828. The van der Waals surface area contributed by atoms with Crippen molar-refractivity contribution in [2.24, 2.45) is 0 Å². The van der Waals surface area contributed by atoms with E-state index in [1.807, 2.05) is 0 Å². The van der Waals surface area contributed by atoms with E-state index in [0.717, 1.165) is 9.86 Å². The van der Waals surface area contributed by atoms with Crippen LogP contribution in [0.25, 0.3) is 10.9 Å². The summed E-state index contributed by atoms with van der Waals surface area (Å²) in [5.74, 6) is -0.294. The molecule has 14 heavy (non-hydrogen) atoms. The van der Waals surface area contributed by atoms with Crippen LogP contribution < -0.4 is 0 Å². The van der Waals surface area contributed by atoms with E-state index in [1.54, 1.807) is 19.4 Å². The summed E-state index contributed by atoms with van der Waals surface area (Å²) in [6.07, 6.45) is 1.61. The number of methoxy groups -OCH3 is 1. The van der Waals surface area contributed by atoms with Crippen LogP contribution >= 0.6 is 15.9 Å². The molecule has 0 N–H and O–H groups in total. The lowest BCUT2D eigenvalue weighted by Gasteiger charge is -2.02. The van der Waals surface area contributed by atoms with Gasteiger partial charge in [0.15, 0.2) is 0 Å². The molecule has 2 rings (SSSR count). The minimum atomic E-state index is -0.294. The Balaban J connectivity index is 2.70. The topological polar surface area (TPSA) is 27.1 Å². The molecule has 0 aliphatic rings. The number of aromatic nitrogens is 2. The molecule has 1 aromatic carbocycles. The first-order valence-electron chi connectivity index (χ1n) is 4.02. The van der Waals surface area contributed by atoms with Gasteiger partial charge in [0, 0.05) is 17.0 Å². The van der Waals surface area contributed by atoms with Gasteiger partial charge in [-0.05, 0) is 12.1 Å². The van der Waals surface area contributed by atoms with Crippen molar-refractivity contribution >= 4 is 26.8 Å². The molecule has 0 radical (unpaired) electrons. The zero-order chi connectivity index (χ0) is 10.1. The molecule has 2 aromatic rings. The van der Waals surface area contributed by atoms with Gasteiger partial charge in [0.2, 0.25) is 0 Å². The molecule has 3 nitrogen and oxygen atoms in total. The summed E-state index contributed by atoms with van der Waals surface area (Å²) in [6, 6.07) is 3.07. The van der Waals surface area contributed by atoms with Gasteiger partial charge in [-0.3, -0.25) is 0 Å². The third-order valence-corrected chi connectivity index (χ3v) is 2.64. The van der Waals surface area contributed by atoms with Crippen LogP contribution in [0.4, 0.5) is 4.39 Å². The molecule has 5 heteroatoms. The number of hydrogen-bond donors (Lipinski definition) is 0. The van der Waals surface area contributed by atoms with E-state index in [4.69, 9.17) is 4.74 Å². The molecule has 0 bridgehead atoms. The van der Waals surface area contributed by atoms with E-state index in [9.17, 15) is 4.39 Å². The standard InChI is InChI=1S/C9H8BrFN2O/c1-14-5-13-9-6(4-12-13)7(10)2-3-8(9)11/h2-4H,5H2,1H3. The molecule has 0 saturated heterocycles. The van der Waals surface area contributed by atoms with Crippen LogP contribution in [0.15, 0.2) is 22.8 Å². The molecule has 0 unspecified atom stereocenters. The number of halogens is 2. The lowest BCUT2D eigenvalue weighted by molar-refractivity contribution is 0.124. The normalized spacial score (nSPS) is 11.1. The van der Waals surface area contributed by atoms with Crippen molar-refractivity contribution in [1.29, 1.82) is 0 Å². The van der Waals surface area contributed by atoms with Gasteiger partial charge in [0.25, 0.3) is 0 Å². The maximum atomic E-state index is 13.4. The lowest BCUT2D eigenvalue weighted by Crippen LogP contribution is -2.02. The number of fused-ring (bicyclic) bond motifs is 1. The molecule has 1 heterocycles. The van der Waals surface area contributed by atoms with E-state index in [1.165, 1.54) is 10.7 Å². The Labute approximate surface area is 88.6 Å². The molecule has 74 valence electrons. The van der Waals surface area contributed by atoms with Gasteiger partial charge in [0.05, 0.1) is 6.20 Å². The number of rotatable bonds is 2. The smallest absolute Gasteiger partial charge is 0.149 e. The molecule has 0 spiro atoms. The molecular weight excluding hydrogens is 251 g/mol. The lowest BCUT2D eigenvalue weighted by atomic mass is 10.2. The maximum Gasteiger partial charge on any atom is 0.149 e. The number of benzene rings is 1. The number of ether oxygens (including phenoxy) is 1. The highest BCUT2D eigenvalue weighted by molar-refractivity contribution is 9.10. The van der Waals surface area contributed by atoms with Crippen LogP contribution in [0.1, 0.15) is 0 Å². The van der Waals surface area contributed by atoms with E-state index >= 15 is 0 Å². The third-order valence-electron chi connectivity index (χ3n) is 1.95. The predicted octanol–water partition coefficient (Wildman–Crippen LogP) is 2.54. The zero-order valence-corrected chi connectivity index (χ0v) is 9.08. The van der Waals surface area contributed by atoms with Crippen LogP contribution in [-0.2, 0) is 11.5 Å². The van der Waals surface area contributed by atoms with Crippen molar-refractivity contribution in [3.63, 3.8) is 0 Å². The van der Waals surface area contributed by atoms with Gasteiger partial charge < -0.3 is 4.74 Å². The van der Waals surface area contributed by atoms with Gasteiger partial charge in [-0.25, -0.2) is 9.07 Å². The largest absolute Gasteiger partial charge is 0.362 e. The molecule has 0 aliphatic heterocycles. The Kier molecular flexibility index (Phi) is 2.52. The molecule has 0 atom stereocenters. The minimum Gasteiger partial charge on any atom is -0.362 e. The second-order valence-electron chi connectivity index (χ2n) is 2.85. The fraction of sp³-hybridized carbons (Fsp3) is 0.222. The first kappa shape index (κ1) is 9.61. The zero-order valence-electron chi connectivity index (χ0n) is 7.50. The Hall–Kier alpha value is -0.940. The second-order valence-corrected chi connectivity index (χ2v) is 3.71. The summed E-state index contributed by atoms with van der Waals surface area (Å²) >= 11 is 3.33. The van der Waals surface area contributed by atoms with E-state index in [0.29, 0.717) is 5.52 Å². The SMILES string of the molecule is COCn1ncc2c(Br)ccc(F)c21. The van der Waals surface area contributed by atoms with Crippen molar-refractivity contribution in [3.05, 3.63) is 28.6 Å². The van der Waals surface area contributed by atoms with Gasteiger partial charge >= 0.3 is 0 Å². The average Bonchev–Trinajstić information content (AvgIpc) is 2.58. The van der Waals surface area contributed by atoms with E-state index in [2.05, 4.69) is 21.0 Å². The van der Waals surface area contributed by atoms with E-state index in [-0.39, 0.29) is 12.5 Å². The Morgan fingerprint density at radius 2 is 2.36 bits per heavy atom. The van der Waals surface area contributed by atoms with Crippen molar-refractivity contribution in [2.75, 3.05) is 7.11 Å². The maximum absolute atomic E-state index is 13.4. The third kappa shape index (κ3) is 1.42. The highest BCUT2D eigenvalue weighted by Gasteiger charge is 2.10. The van der Waals surface area contributed by atoms with Crippen LogP contribution in [0.5, 0.6) is 0 Å². The van der Waals surface area contributed by atoms with Crippen LogP contribution in [0.2, 0.25) is 0 Å². The average molecular weight is 259 g/mol. The van der Waals surface area contributed by atoms with Gasteiger partial charge in [0.1, 0.15) is 18.1 Å². The van der Waals surface area contributed by atoms with Crippen LogP contribution in [0, 0.1) is 5.82 Å². The summed E-state index contributed by atoms with van der Waals surface area (Å²) in [5.41, 5.74) is 0.459. The van der Waals surface area contributed by atoms with E-state index < -0.39 is 0 Å². The molecule has 0 aliphatic carbocycles. The molecule has 0 fully saturated rings.